The molecule has 14 heavy (non-hydrogen) atoms. The van der Waals surface area contributed by atoms with Crippen LogP contribution in [0.25, 0.3) is 0 Å². The second-order valence-corrected chi connectivity index (χ2v) is 4.16. The highest BCUT2D eigenvalue weighted by atomic mass is 32.1. The van der Waals surface area contributed by atoms with Gasteiger partial charge in [-0.2, -0.15) is 0 Å². The van der Waals surface area contributed by atoms with Crippen molar-refractivity contribution in [2.24, 2.45) is 5.73 Å². The number of nitrogens with one attached hydrogen (secondary N) is 1. The lowest BCUT2D eigenvalue weighted by Crippen LogP contribution is -2.42. The van der Waals surface area contributed by atoms with Crippen LogP contribution in [0.15, 0.2) is 11.4 Å². The first-order valence-electron chi connectivity index (χ1n) is 4.16. The van der Waals surface area contributed by atoms with Crippen LogP contribution in [0.5, 0.6) is 0 Å². The number of amides is 2. The van der Waals surface area contributed by atoms with Crippen molar-refractivity contribution in [3.05, 3.63) is 21.9 Å². The predicted octanol–water partition coefficient (Wildman–Crippen LogP) is 0.660. The van der Waals surface area contributed by atoms with Gasteiger partial charge >= 0.3 is 0 Å². The highest BCUT2D eigenvalue weighted by Gasteiger charge is 2.14. The lowest BCUT2D eigenvalue weighted by atomic mass is 10.2. The van der Waals surface area contributed by atoms with Crippen LogP contribution in [0, 0.1) is 6.92 Å². The Morgan fingerprint density at radius 2 is 2.21 bits per heavy atom. The van der Waals surface area contributed by atoms with Gasteiger partial charge in [0.15, 0.2) is 0 Å². The highest BCUT2D eigenvalue weighted by Crippen LogP contribution is 2.12. The second-order valence-electron chi connectivity index (χ2n) is 3.04. The van der Waals surface area contributed by atoms with Gasteiger partial charge in [0.25, 0.3) is 5.91 Å². The molecule has 0 aliphatic heterocycles. The number of hydrogen-bond acceptors (Lipinski definition) is 3. The summed E-state index contributed by atoms with van der Waals surface area (Å²) in [6.45, 7) is 3.47. The van der Waals surface area contributed by atoms with Crippen LogP contribution < -0.4 is 11.1 Å². The van der Waals surface area contributed by atoms with Gasteiger partial charge in [-0.25, -0.2) is 0 Å². The number of carbonyl (C=O) groups is 2. The van der Waals surface area contributed by atoms with Gasteiger partial charge in [0, 0.05) is 10.3 Å². The molecule has 1 heterocycles. The number of rotatable bonds is 3. The Bertz CT molecular complexity index is 359. The van der Waals surface area contributed by atoms with Crippen molar-refractivity contribution in [1.82, 2.24) is 5.32 Å². The molecule has 5 heteroatoms. The average Bonchev–Trinajstić information content (AvgIpc) is 2.51. The number of hydrogen-bond donors (Lipinski definition) is 2. The summed E-state index contributed by atoms with van der Waals surface area (Å²) < 4.78 is 0. The summed E-state index contributed by atoms with van der Waals surface area (Å²) in [7, 11) is 0. The van der Waals surface area contributed by atoms with E-state index in [1.54, 1.807) is 18.4 Å². The average molecular weight is 212 g/mol. The van der Waals surface area contributed by atoms with E-state index in [4.69, 9.17) is 5.73 Å². The molecule has 0 aliphatic carbocycles. The molecular weight excluding hydrogens is 200 g/mol. The maximum Gasteiger partial charge on any atom is 0.252 e. The van der Waals surface area contributed by atoms with Gasteiger partial charge in [-0.05, 0) is 19.9 Å². The maximum absolute atomic E-state index is 11.5. The third-order valence-corrected chi connectivity index (χ3v) is 2.63. The Labute approximate surface area is 86.1 Å². The first kappa shape index (κ1) is 10.7. The van der Waals surface area contributed by atoms with Gasteiger partial charge in [0.05, 0.1) is 5.56 Å². The second kappa shape index (κ2) is 4.23. The Kier molecular flexibility index (Phi) is 3.24. The normalized spacial score (nSPS) is 12.1. The van der Waals surface area contributed by atoms with E-state index in [-0.39, 0.29) is 5.91 Å². The molecule has 0 aromatic carbocycles. The molecular formula is C9H12N2O2S. The minimum atomic E-state index is -0.636. The van der Waals surface area contributed by atoms with E-state index in [2.05, 4.69) is 5.32 Å². The van der Waals surface area contributed by atoms with E-state index in [1.807, 2.05) is 6.92 Å². The molecule has 1 atom stereocenters. The van der Waals surface area contributed by atoms with E-state index < -0.39 is 11.9 Å². The molecule has 76 valence electrons. The van der Waals surface area contributed by atoms with E-state index in [9.17, 15) is 9.59 Å². The molecule has 1 aromatic rings. The van der Waals surface area contributed by atoms with Gasteiger partial charge in [0.2, 0.25) is 5.91 Å². The number of nitrogens with two attached hydrogens (primary N) is 1. The Hall–Kier alpha value is -1.36. The fraction of sp³-hybridized carbons (Fsp3) is 0.333. The van der Waals surface area contributed by atoms with E-state index >= 15 is 0 Å². The van der Waals surface area contributed by atoms with Crippen molar-refractivity contribution in [2.45, 2.75) is 19.9 Å². The monoisotopic (exact) mass is 212 g/mol. The molecule has 0 radical (unpaired) electrons. The van der Waals surface area contributed by atoms with Gasteiger partial charge < -0.3 is 11.1 Å². The minimum absolute atomic E-state index is 0.263. The molecule has 2 amide bonds. The van der Waals surface area contributed by atoms with E-state index in [0.29, 0.717) is 5.56 Å². The molecule has 1 aromatic heterocycles. The third kappa shape index (κ3) is 2.56. The summed E-state index contributed by atoms with van der Waals surface area (Å²) in [5.74, 6) is -0.800. The first-order chi connectivity index (χ1) is 6.50. The van der Waals surface area contributed by atoms with Crippen LogP contribution in [0.4, 0.5) is 0 Å². The maximum atomic E-state index is 11.5. The zero-order valence-corrected chi connectivity index (χ0v) is 8.85. The van der Waals surface area contributed by atoms with Crippen LogP contribution in [0.1, 0.15) is 22.2 Å². The Morgan fingerprint density at radius 3 is 2.64 bits per heavy atom. The molecule has 3 N–H and O–H groups in total. The SMILES string of the molecule is Cc1cc(C(=O)N[C@H](C)C(N)=O)cs1. The zero-order chi connectivity index (χ0) is 10.7. The molecule has 0 saturated heterocycles. The predicted molar refractivity (Wildman–Crippen MR) is 55.2 cm³/mol. The van der Waals surface area contributed by atoms with Crippen molar-refractivity contribution < 1.29 is 9.59 Å². The quantitative estimate of drug-likeness (QED) is 0.772. The summed E-state index contributed by atoms with van der Waals surface area (Å²) in [5.41, 5.74) is 5.59. The highest BCUT2D eigenvalue weighted by molar-refractivity contribution is 7.10. The number of carbonyl (C=O) groups excluding carboxylic acids is 2. The Morgan fingerprint density at radius 1 is 1.57 bits per heavy atom. The van der Waals surface area contributed by atoms with Gasteiger partial charge in [-0.3, -0.25) is 9.59 Å². The van der Waals surface area contributed by atoms with E-state index in [1.165, 1.54) is 11.3 Å². The van der Waals surface area contributed by atoms with Crippen LogP contribution in [-0.4, -0.2) is 17.9 Å². The lowest BCUT2D eigenvalue weighted by Gasteiger charge is -2.08. The smallest absolute Gasteiger partial charge is 0.252 e. The summed E-state index contributed by atoms with van der Waals surface area (Å²) in [5, 5.41) is 4.25. The first-order valence-corrected chi connectivity index (χ1v) is 5.04. The fourth-order valence-electron chi connectivity index (χ4n) is 0.914. The van der Waals surface area contributed by atoms with Crippen LogP contribution in [-0.2, 0) is 4.79 Å². The van der Waals surface area contributed by atoms with Gasteiger partial charge in [-0.15, -0.1) is 11.3 Å². The summed E-state index contributed by atoms with van der Waals surface area (Å²) in [4.78, 5) is 23.2. The van der Waals surface area contributed by atoms with Gasteiger partial charge in [0.1, 0.15) is 6.04 Å². The molecule has 0 aliphatic rings. The number of thiophene rings is 1. The van der Waals surface area contributed by atoms with Crippen LogP contribution in [0.2, 0.25) is 0 Å². The molecule has 1 rings (SSSR count). The Balaban J connectivity index is 2.63. The molecule has 0 bridgehead atoms. The van der Waals surface area contributed by atoms with E-state index in [0.717, 1.165) is 4.88 Å². The standard InChI is InChI=1S/C9H12N2O2S/c1-5-3-7(4-14-5)9(13)11-6(2)8(10)12/h3-4,6H,1-2H3,(H2,10,12)(H,11,13)/t6-/m1/s1. The van der Waals surface area contributed by atoms with Gasteiger partial charge in [-0.1, -0.05) is 0 Å². The van der Waals surface area contributed by atoms with Crippen molar-refractivity contribution in [1.29, 1.82) is 0 Å². The largest absolute Gasteiger partial charge is 0.368 e. The fourth-order valence-corrected chi connectivity index (χ4v) is 1.60. The van der Waals surface area contributed by atoms with Crippen LogP contribution in [0.3, 0.4) is 0 Å². The molecule has 0 fully saturated rings. The van der Waals surface area contributed by atoms with Crippen molar-refractivity contribution >= 4 is 23.2 Å². The summed E-state index contributed by atoms with van der Waals surface area (Å²) >= 11 is 1.49. The zero-order valence-electron chi connectivity index (χ0n) is 8.03. The lowest BCUT2D eigenvalue weighted by molar-refractivity contribution is -0.119. The molecule has 0 saturated carbocycles. The number of primary amides is 1. The molecule has 0 unspecified atom stereocenters. The third-order valence-electron chi connectivity index (χ3n) is 1.77. The topological polar surface area (TPSA) is 72.2 Å². The van der Waals surface area contributed by atoms with Crippen molar-refractivity contribution in [3.63, 3.8) is 0 Å². The van der Waals surface area contributed by atoms with Crippen molar-refractivity contribution in [3.8, 4) is 0 Å². The summed E-state index contributed by atoms with van der Waals surface area (Å²) in [6, 6.07) is 1.14. The minimum Gasteiger partial charge on any atom is -0.368 e. The van der Waals surface area contributed by atoms with Crippen molar-refractivity contribution in [2.75, 3.05) is 0 Å². The van der Waals surface area contributed by atoms with Crippen LogP contribution >= 0.6 is 11.3 Å². The molecule has 0 spiro atoms. The number of aryl methyl sites for hydroxylation is 1. The molecule has 4 nitrogen and oxygen atoms in total. The summed E-state index contributed by atoms with van der Waals surface area (Å²) in [6.07, 6.45) is 0.